The quantitative estimate of drug-likeness (QED) is 0.690. The van der Waals surface area contributed by atoms with E-state index in [1.54, 1.807) is 12.2 Å². The van der Waals surface area contributed by atoms with E-state index in [4.69, 9.17) is 0 Å². The van der Waals surface area contributed by atoms with Crippen molar-refractivity contribution in [1.29, 1.82) is 0 Å². The second-order valence-corrected chi connectivity index (χ2v) is 3.84. The van der Waals surface area contributed by atoms with Crippen molar-refractivity contribution in [3.05, 3.63) is 35.1 Å². The first kappa shape index (κ1) is 9.25. The standard InChI is InChI=1S/C12H14O2/c13-11-6-4-9(5-7-11)10-2-1-3-12(14)8-10/h4,6,8,13H,1-3,5,7H2. The topological polar surface area (TPSA) is 37.3 Å². The van der Waals surface area contributed by atoms with Crippen LogP contribution in [0.3, 0.4) is 0 Å². The van der Waals surface area contributed by atoms with Crippen LogP contribution in [0.5, 0.6) is 0 Å². The molecule has 0 unspecified atom stereocenters. The molecule has 1 N–H and O–H groups in total. The van der Waals surface area contributed by atoms with E-state index in [1.807, 2.05) is 6.08 Å². The first-order valence-electron chi connectivity index (χ1n) is 5.08. The van der Waals surface area contributed by atoms with Crippen LogP contribution in [0, 0.1) is 0 Å². The van der Waals surface area contributed by atoms with Gasteiger partial charge in [-0.2, -0.15) is 0 Å². The Morgan fingerprint density at radius 2 is 1.86 bits per heavy atom. The molecule has 0 heterocycles. The smallest absolute Gasteiger partial charge is 0.155 e. The summed E-state index contributed by atoms with van der Waals surface area (Å²) in [5, 5.41) is 9.21. The van der Waals surface area contributed by atoms with Crippen LogP contribution in [0.2, 0.25) is 0 Å². The number of rotatable bonds is 1. The Morgan fingerprint density at radius 1 is 1.00 bits per heavy atom. The van der Waals surface area contributed by atoms with Crippen molar-refractivity contribution in [3.63, 3.8) is 0 Å². The maximum absolute atomic E-state index is 11.2. The zero-order valence-corrected chi connectivity index (χ0v) is 8.12. The number of allylic oxidation sites excluding steroid dienone is 6. The number of aliphatic hydroxyl groups is 1. The predicted molar refractivity (Wildman–Crippen MR) is 55.0 cm³/mol. The number of hydrogen-bond donors (Lipinski definition) is 1. The van der Waals surface area contributed by atoms with E-state index in [2.05, 4.69) is 0 Å². The Labute approximate surface area is 83.6 Å². The minimum Gasteiger partial charge on any atom is -0.512 e. The zero-order valence-electron chi connectivity index (χ0n) is 8.12. The molecule has 0 atom stereocenters. The van der Waals surface area contributed by atoms with Crippen molar-refractivity contribution < 1.29 is 9.90 Å². The molecule has 2 nitrogen and oxygen atoms in total. The molecule has 0 amide bonds. The molecule has 0 radical (unpaired) electrons. The average Bonchev–Trinajstić information content (AvgIpc) is 2.19. The highest BCUT2D eigenvalue weighted by atomic mass is 16.3. The molecule has 0 saturated carbocycles. The second kappa shape index (κ2) is 3.82. The van der Waals surface area contributed by atoms with Crippen molar-refractivity contribution in [1.82, 2.24) is 0 Å². The summed E-state index contributed by atoms with van der Waals surface area (Å²) < 4.78 is 0. The van der Waals surface area contributed by atoms with Gasteiger partial charge in [-0.15, -0.1) is 0 Å². The van der Waals surface area contributed by atoms with Crippen molar-refractivity contribution in [2.45, 2.75) is 32.1 Å². The van der Waals surface area contributed by atoms with Crippen molar-refractivity contribution in [2.75, 3.05) is 0 Å². The van der Waals surface area contributed by atoms with Crippen LogP contribution in [0.1, 0.15) is 32.1 Å². The molecular formula is C12H14O2. The molecule has 0 aliphatic heterocycles. The van der Waals surface area contributed by atoms with E-state index in [9.17, 15) is 9.90 Å². The van der Waals surface area contributed by atoms with Crippen LogP contribution < -0.4 is 0 Å². The molecule has 0 fully saturated rings. The van der Waals surface area contributed by atoms with Crippen LogP contribution in [0.25, 0.3) is 0 Å². The van der Waals surface area contributed by atoms with Crippen LogP contribution in [-0.4, -0.2) is 10.9 Å². The van der Waals surface area contributed by atoms with Crippen LogP contribution in [0.15, 0.2) is 35.1 Å². The van der Waals surface area contributed by atoms with Crippen LogP contribution >= 0.6 is 0 Å². The number of carbonyl (C=O) groups is 1. The van der Waals surface area contributed by atoms with Gasteiger partial charge in [0.1, 0.15) is 0 Å². The van der Waals surface area contributed by atoms with Crippen molar-refractivity contribution in [3.8, 4) is 0 Å². The molecule has 0 spiro atoms. The summed E-state index contributed by atoms with van der Waals surface area (Å²) in [6.45, 7) is 0. The summed E-state index contributed by atoms with van der Waals surface area (Å²) in [4.78, 5) is 11.2. The van der Waals surface area contributed by atoms with Gasteiger partial charge in [0.15, 0.2) is 5.78 Å². The van der Waals surface area contributed by atoms with Crippen LogP contribution in [0.4, 0.5) is 0 Å². The SMILES string of the molecule is O=C1C=C(C2=CC=C(O)CC2)CCC1. The second-order valence-electron chi connectivity index (χ2n) is 3.84. The minimum absolute atomic E-state index is 0.242. The summed E-state index contributed by atoms with van der Waals surface area (Å²) in [5.74, 6) is 0.683. The lowest BCUT2D eigenvalue weighted by Gasteiger charge is -2.17. The van der Waals surface area contributed by atoms with E-state index in [0.717, 1.165) is 19.3 Å². The molecule has 2 aliphatic carbocycles. The van der Waals surface area contributed by atoms with E-state index >= 15 is 0 Å². The highest BCUT2D eigenvalue weighted by Gasteiger charge is 2.15. The van der Waals surface area contributed by atoms with Crippen LogP contribution in [-0.2, 0) is 4.79 Å². The number of hydrogen-bond acceptors (Lipinski definition) is 2. The monoisotopic (exact) mass is 190 g/mol. The number of carbonyl (C=O) groups excluding carboxylic acids is 1. The molecule has 2 rings (SSSR count). The minimum atomic E-state index is 0.242. The lowest BCUT2D eigenvalue weighted by atomic mass is 9.88. The summed E-state index contributed by atoms with van der Waals surface area (Å²) >= 11 is 0. The van der Waals surface area contributed by atoms with Gasteiger partial charge in [0.25, 0.3) is 0 Å². The van der Waals surface area contributed by atoms with Crippen molar-refractivity contribution >= 4 is 5.78 Å². The Hall–Kier alpha value is -1.31. The van der Waals surface area contributed by atoms with Gasteiger partial charge in [-0.05, 0) is 42.6 Å². The summed E-state index contributed by atoms with van der Waals surface area (Å²) in [6.07, 6.45) is 9.67. The third-order valence-electron chi connectivity index (χ3n) is 2.74. The molecule has 74 valence electrons. The first-order valence-corrected chi connectivity index (χ1v) is 5.08. The Balaban J connectivity index is 2.19. The van der Waals surface area contributed by atoms with Gasteiger partial charge < -0.3 is 5.11 Å². The molecular weight excluding hydrogens is 176 g/mol. The van der Waals surface area contributed by atoms with Gasteiger partial charge in [0.2, 0.25) is 0 Å². The van der Waals surface area contributed by atoms with Gasteiger partial charge >= 0.3 is 0 Å². The maximum Gasteiger partial charge on any atom is 0.155 e. The van der Waals surface area contributed by atoms with Gasteiger partial charge in [0, 0.05) is 12.8 Å². The molecule has 2 heteroatoms. The third kappa shape index (κ3) is 1.95. The zero-order chi connectivity index (χ0) is 9.97. The summed E-state index contributed by atoms with van der Waals surface area (Å²) in [6, 6.07) is 0. The van der Waals surface area contributed by atoms with Gasteiger partial charge in [-0.25, -0.2) is 0 Å². The Kier molecular flexibility index (Phi) is 2.53. The van der Waals surface area contributed by atoms with E-state index < -0.39 is 0 Å². The molecule has 14 heavy (non-hydrogen) atoms. The van der Waals surface area contributed by atoms with Crippen molar-refractivity contribution in [2.24, 2.45) is 0 Å². The lowest BCUT2D eigenvalue weighted by Crippen LogP contribution is -2.06. The first-order chi connectivity index (χ1) is 6.75. The summed E-state index contributed by atoms with van der Waals surface area (Å²) in [5.41, 5.74) is 2.39. The van der Waals surface area contributed by atoms with Gasteiger partial charge in [0.05, 0.1) is 5.76 Å². The normalized spacial score (nSPS) is 22.6. The van der Waals surface area contributed by atoms with E-state index in [-0.39, 0.29) is 5.78 Å². The molecule has 0 saturated heterocycles. The number of ketones is 1. The highest BCUT2D eigenvalue weighted by molar-refractivity contribution is 5.92. The maximum atomic E-state index is 11.2. The molecule has 0 aromatic heterocycles. The largest absolute Gasteiger partial charge is 0.512 e. The molecule has 2 aliphatic rings. The fourth-order valence-electron chi connectivity index (χ4n) is 1.94. The average molecular weight is 190 g/mol. The third-order valence-corrected chi connectivity index (χ3v) is 2.74. The van der Waals surface area contributed by atoms with E-state index in [1.165, 1.54) is 11.1 Å². The van der Waals surface area contributed by atoms with E-state index in [0.29, 0.717) is 18.6 Å². The Bertz CT molecular complexity index is 345. The highest BCUT2D eigenvalue weighted by Crippen LogP contribution is 2.28. The fourth-order valence-corrected chi connectivity index (χ4v) is 1.94. The Morgan fingerprint density at radius 3 is 2.50 bits per heavy atom. The molecule has 0 aromatic rings. The van der Waals surface area contributed by atoms with Gasteiger partial charge in [-0.3, -0.25) is 4.79 Å². The molecule has 0 aromatic carbocycles. The number of aliphatic hydroxyl groups excluding tert-OH is 1. The predicted octanol–water partition coefficient (Wildman–Crippen LogP) is 2.83. The van der Waals surface area contributed by atoms with Gasteiger partial charge in [-0.1, -0.05) is 6.08 Å². The molecule has 0 bridgehead atoms. The summed E-state index contributed by atoms with van der Waals surface area (Å²) in [7, 11) is 0. The lowest BCUT2D eigenvalue weighted by molar-refractivity contribution is -0.115. The fraction of sp³-hybridized carbons (Fsp3) is 0.417.